The van der Waals surface area contributed by atoms with Gasteiger partial charge in [0.05, 0.1) is 5.82 Å². The second kappa shape index (κ2) is 13.6. The molecule has 8 rings (SSSR count). The van der Waals surface area contributed by atoms with Crippen LogP contribution < -0.4 is 9.80 Å². The van der Waals surface area contributed by atoms with Gasteiger partial charge >= 0.3 is 20.1 Å². The summed E-state index contributed by atoms with van der Waals surface area (Å²) in [4.78, 5) is 8.85. The number of imidazole rings is 1. The van der Waals surface area contributed by atoms with Crippen LogP contribution in [0.3, 0.4) is 0 Å². The fraction of sp³-hybridized carbons (Fsp3) is 0.171. The van der Waals surface area contributed by atoms with E-state index in [0.717, 1.165) is 44.7 Å². The van der Waals surface area contributed by atoms with Crippen LogP contribution in [-0.2, 0) is 20.1 Å². The molecule has 0 radical (unpaired) electrons. The van der Waals surface area contributed by atoms with Crippen molar-refractivity contribution in [3.8, 4) is 17.1 Å². The molecule has 0 saturated carbocycles. The normalized spacial score (nSPS) is 12.4. The van der Waals surface area contributed by atoms with Gasteiger partial charge in [-0.15, -0.1) is 35.9 Å². The predicted octanol–water partition coefficient (Wildman–Crippen LogP) is 10.7. The molecule has 0 aliphatic carbocycles. The van der Waals surface area contributed by atoms with E-state index in [9.17, 15) is 0 Å². The molecule has 1 aliphatic heterocycles. The maximum atomic E-state index is 6.13. The summed E-state index contributed by atoms with van der Waals surface area (Å²) in [5.74, 6) is 1.86. The molecule has 0 N–H and O–H groups in total. The van der Waals surface area contributed by atoms with Crippen LogP contribution >= 0.6 is 0 Å². The maximum Gasteiger partial charge on any atom is 3.00 e. The number of nitrogens with zero attached hydrogens (tertiary/aromatic N) is 4. The van der Waals surface area contributed by atoms with Crippen LogP contribution in [-0.4, -0.2) is 16.6 Å². The van der Waals surface area contributed by atoms with Crippen molar-refractivity contribution in [2.75, 3.05) is 16.8 Å². The van der Waals surface area contributed by atoms with Crippen molar-refractivity contribution in [3.05, 3.63) is 145 Å². The molecule has 5 aromatic carbocycles. The molecule has 7 aromatic rings. The average molecular weight is 794 g/mol. The predicted molar refractivity (Wildman–Crippen MR) is 190 cm³/mol. The minimum absolute atomic E-state index is 0. The van der Waals surface area contributed by atoms with Crippen LogP contribution in [0.1, 0.15) is 50.7 Å². The summed E-state index contributed by atoms with van der Waals surface area (Å²) in [6, 6.07) is 41.8. The van der Waals surface area contributed by atoms with E-state index in [1.165, 1.54) is 22.5 Å². The molecular weight excluding hydrogens is 757 g/mol. The molecule has 0 atom stereocenters. The van der Waals surface area contributed by atoms with Crippen molar-refractivity contribution in [2.45, 2.75) is 39.5 Å². The van der Waals surface area contributed by atoms with Gasteiger partial charge in [0.25, 0.3) is 0 Å². The summed E-state index contributed by atoms with van der Waals surface area (Å²) in [6.45, 7) is 11.0. The Bertz CT molecular complexity index is 2100. The number of para-hydroxylation sites is 4. The Kier molecular flexibility index (Phi) is 9.35. The van der Waals surface area contributed by atoms with Crippen molar-refractivity contribution in [3.63, 3.8) is 0 Å². The number of anilines is 3. The summed E-state index contributed by atoms with van der Waals surface area (Å²) in [5, 5.41) is 2.26. The smallest absolute Gasteiger partial charge is 0.514 e. The Balaban J connectivity index is 0.000000161. The van der Waals surface area contributed by atoms with Crippen LogP contribution in [0.15, 0.2) is 120 Å². The third-order valence-electron chi connectivity index (χ3n) is 8.54. The Morgan fingerprint density at radius 1 is 0.723 bits per heavy atom. The van der Waals surface area contributed by atoms with E-state index in [-0.39, 0.29) is 20.1 Å². The first-order valence-electron chi connectivity index (χ1n) is 15.8. The van der Waals surface area contributed by atoms with Gasteiger partial charge in [0, 0.05) is 40.4 Å². The SMILES string of the molecule is CC(C)c1cccc(C(C)C)c1-n1ccnc1-c1[c-]cccc1.CN1[CH-]N(c2[c-]ccc3c2oc2ccccc23)c2ccccc21.[Ir+3]. The monoisotopic (exact) mass is 794 g/mol. The van der Waals surface area contributed by atoms with E-state index in [2.05, 4.69) is 140 Å². The Morgan fingerprint density at radius 3 is 2.15 bits per heavy atom. The fourth-order valence-electron chi connectivity index (χ4n) is 6.30. The molecule has 236 valence electrons. The second-order valence-electron chi connectivity index (χ2n) is 12.2. The molecule has 3 heterocycles. The molecule has 0 saturated heterocycles. The number of furan rings is 1. The molecule has 1 aliphatic rings. The Hall–Kier alpha value is -4.64. The number of fused-ring (bicyclic) bond motifs is 4. The number of hydrogen-bond donors (Lipinski definition) is 0. The quantitative estimate of drug-likeness (QED) is 0.163. The molecule has 0 fully saturated rings. The van der Waals surface area contributed by atoms with Gasteiger partial charge in [-0.25, -0.2) is 0 Å². The van der Waals surface area contributed by atoms with E-state index < -0.39 is 0 Å². The van der Waals surface area contributed by atoms with Crippen molar-refractivity contribution < 1.29 is 24.5 Å². The van der Waals surface area contributed by atoms with Crippen molar-refractivity contribution in [1.82, 2.24) is 9.55 Å². The summed E-state index contributed by atoms with van der Waals surface area (Å²) < 4.78 is 8.35. The summed E-state index contributed by atoms with van der Waals surface area (Å²) in [6.07, 6.45) is 3.93. The first-order chi connectivity index (χ1) is 22.4. The van der Waals surface area contributed by atoms with Gasteiger partial charge in [-0.1, -0.05) is 87.3 Å². The minimum Gasteiger partial charge on any atom is -0.514 e. The Labute approximate surface area is 290 Å². The van der Waals surface area contributed by atoms with Crippen molar-refractivity contribution in [1.29, 1.82) is 0 Å². The zero-order valence-electron chi connectivity index (χ0n) is 27.2. The number of hydrogen-bond acceptors (Lipinski definition) is 4. The maximum absolute atomic E-state index is 6.13. The molecule has 0 amide bonds. The molecule has 0 bridgehead atoms. The number of rotatable bonds is 5. The molecule has 6 heteroatoms. The van der Waals surface area contributed by atoms with Gasteiger partial charge < -0.3 is 18.8 Å². The molecule has 47 heavy (non-hydrogen) atoms. The van der Waals surface area contributed by atoms with Crippen LogP contribution in [0.4, 0.5) is 17.1 Å². The van der Waals surface area contributed by atoms with Gasteiger partial charge in [0.2, 0.25) is 0 Å². The molecule has 2 aromatic heterocycles. The first-order valence-corrected chi connectivity index (χ1v) is 15.8. The molecule has 0 spiro atoms. The molecule has 5 nitrogen and oxygen atoms in total. The summed E-state index contributed by atoms with van der Waals surface area (Å²) in [5.41, 5.74) is 10.0. The number of benzene rings is 5. The topological polar surface area (TPSA) is 37.4 Å². The van der Waals surface area contributed by atoms with E-state index in [4.69, 9.17) is 4.42 Å². The van der Waals surface area contributed by atoms with Gasteiger partial charge in [-0.3, -0.25) is 4.98 Å². The largest absolute Gasteiger partial charge is 3.00 e. The van der Waals surface area contributed by atoms with Gasteiger partial charge in [-0.05, 0) is 48.2 Å². The van der Waals surface area contributed by atoms with E-state index >= 15 is 0 Å². The zero-order chi connectivity index (χ0) is 31.8. The first kappa shape index (κ1) is 32.3. The second-order valence-corrected chi connectivity index (χ2v) is 12.2. The van der Waals surface area contributed by atoms with Gasteiger partial charge in [-0.2, -0.15) is 24.9 Å². The van der Waals surface area contributed by atoms with Crippen molar-refractivity contribution >= 4 is 39.0 Å². The van der Waals surface area contributed by atoms with Crippen molar-refractivity contribution in [2.24, 2.45) is 0 Å². The van der Waals surface area contributed by atoms with E-state index in [1.807, 2.05) is 48.7 Å². The standard InChI is InChI=1S/C21H23N2.C20H14N2O.Ir/c1-15(2)18-11-8-12-19(16(3)4)20(18)23-14-13-22-21(23)17-9-6-5-7-10-17;1-21-13-22(17-10-4-3-9-16(17)21)18-11-6-8-15-14-7-2-5-12-19(14)23-20(15)18;/h5-9,11-16H,1-4H3;2-10,12-13H,1H3;/q-1;-2;+3. The van der Waals surface area contributed by atoms with Crippen LogP contribution in [0, 0.1) is 18.8 Å². The van der Waals surface area contributed by atoms with Crippen LogP contribution in [0.5, 0.6) is 0 Å². The average Bonchev–Trinajstić information content (AvgIpc) is 3.81. The molecule has 0 unspecified atom stereocenters. The minimum atomic E-state index is 0. The summed E-state index contributed by atoms with van der Waals surface area (Å²) in [7, 11) is 2.05. The fourth-order valence-corrected chi connectivity index (χ4v) is 6.30. The van der Waals surface area contributed by atoms with Crippen LogP contribution in [0.2, 0.25) is 0 Å². The number of aromatic nitrogens is 2. The van der Waals surface area contributed by atoms with E-state index in [1.54, 1.807) is 0 Å². The van der Waals surface area contributed by atoms with Crippen LogP contribution in [0.25, 0.3) is 39.0 Å². The third kappa shape index (κ3) is 6.00. The van der Waals surface area contributed by atoms with Gasteiger partial charge in [0.15, 0.2) is 0 Å². The zero-order valence-corrected chi connectivity index (χ0v) is 29.6. The van der Waals surface area contributed by atoms with Gasteiger partial charge in [0.1, 0.15) is 5.58 Å². The molecular formula is C41H37IrN4O. The summed E-state index contributed by atoms with van der Waals surface area (Å²) >= 11 is 0. The van der Waals surface area contributed by atoms with E-state index in [0.29, 0.717) is 11.8 Å². The third-order valence-corrected chi connectivity index (χ3v) is 8.54. The Morgan fingerprint density at radius 2 is 1.43 bits per heavy atom.